The molecule has 2 heterocycles. The van der Waals surface area contributed by atoms with Gasteiger partial charge in [-0.25, -0.2) is 9.78 Å². The first-order valence-electron chi connectivity index (χ1n) is 12.0. The highest BCUT2D eigenvalue weighted by molar-refractivity contribution is 6.00. The fourth-order valence-corrected chi connectivity index (χ4v) is 4.07. The summed E-state index contributed by atoms with van der Waals surface area (Å²) in [6.45, 7) is 8.31. The van der Waals surface area contributed by atoms with Crippen LogP contribution in [0.25, 0.3) is 16.7 Å². The highest BCUT2D eigenvalue weighted by Gasteiger charge is 2.22. The fourth-order valence-electron chi connectivity index (χ4n) is 4.07. The van der Waals surface area contributed by atoms with E-state index in [1.165, 1.54) is 10.9 Å². The van der Waals surface area contributed by atoms with Crippen molar-refractivity contribution in [2.24, 2.45) is 0 Å². The first-order valence-corrected chi connectivity index (χ1v) is 12.0. The largest absolute Gasteiger partial charge is 0.493 e. The van der Waals surface area contributed by atoms with Crippen molar-refractivity contribution in [3.05, 3.63) is 77.0 Å². The predicted octanol–water partition coefficient (Wildman–Crippen LogP) is 5.32. The van der Waals surface area contributed by atoms with Crippen molar-refractivity contribution in [2.45, 2.75) is 40.5 Å². The number of nitrogens with one attached hydrogen (secondary N) is 1. The zero-order valence-corrected chi connectivity index (χ0v) is 21.0. The van der Waals surface area contributed by atoms with E-state index in [0.717, 1.165) is 33.3 Å². The van der Waals surface area contributed by atoms with Crippen LogP contribution in [0.2, 0.25) is 0 Å². The molecule has 0 unspecified atom stereocenters. The Morgan fingerprint density at radius 1 is 1.00 bits per heavy atom. The van der Waals surface area contributed by atoms with E-state index >= 15 is 0 Å². The lowest BCUT2D eigenvalue weighted by Gasteiger charge is -2.13. The van der Waals surface area contributed by atoms with Crippen molar-refractivity contribution in [3.63, 3.8) is 0 Å². The van der Waals surface area contributed by atoms with E-state index in [-0.39, 0.29) is 30.3 Å². The topological polar surface area (TPSA) is 95.3 Å². The number of hydrogen-bond acceptors (Lipinski definition) is 6. The zero-order valence-electron chi connectivity index (χ0n) is 21.0. The molecular weight excluding hydrogens is 456 g/mol. The van der Waals surface area contributed by atoms with Crippen molar-refractivity contribution < 1.29 is 19.1 Å². The molecule has 4 aromatic rings. The molecule has 8 heteroatoms. The molecular formula is C28H30N4O4. The molecule has 0 atom stereocenters. The van der Waals surface area contributed by atoms with Gasteiger partial charge in [-0.1, -0.05) is 36.4 Å². The number of carbonyl (C=O) groups excluding carboxylic acids is 2. The third kappa shape index (κ3) is 5.38. The van der Waals surface area contributed by atoms with Gasteiger partial charge in [-0.15, -0.1) is 0 Å². The minimum absolute atomic E-state index is 0.171. The molecule has 186 valence electrons. The number of aromatic nitrogens is 3. The van der Waals surface area contributed by atoms with Gasteiger partial charge in [0, 0.05) is 11.8 Å². The summed E-state index contributed by atoms with van der Waals surface area (Å²) < 4.78 is 12.6. The molecule has 8 nitrogen and oxygen atoms in total. The Hall–Kier alpha value is -4.20. The van der Waals surface area contributed by atoms with Gasteiger partial charge in [-0.3, -0.25) is 4.79 Å². The van der Waals surface area contributed by atoms with E-state index in [1.54, 1.807) is 6.92 Å². The number of esters is 1. The number of hydrogen-bond donors (Lipinski definition) is 1. The Labute approximate surface area is 210 Å². The second kappa shape index (κ2) is 11.0. The molecule has 2 aromatic heterocycles. The van der Waals surface area contributed by atoms with E-state index in [0.29, 0.717) is 18.8 Å². The van der Waals surface area contributed by atoms with Crippen LogP contribution in [0.1, 0.15) is 46.8 Å². The summed E-state index contributed by atoms with van der Waals surface area (Å²) in [7, 11) is 0. The van der Waals surface area contributed by atoms with E-state index in [2.05, 4.69) is 10.4 Å². The summed E-state index contributed by atoms with van der Waals surface area (Å²) in [4.78, 5) is 30.2. The predicted molar refractivity (Wildman–Crippen MR) is 139 cm³/mol. The molecule has 0 saturated heterocycles. The summed E-state index contributed by atoms with van der Waals surface area (Å²) in [5, 5.41) is 8.23. The Morgan fingerprint density at radius 2 is 1.75 bits per heavy atom. The molecule has 2 aromatic carbocycles. The van der Waals surface area contributed by atoms with Gasteiger partial charge in [0.15, 0.2) is 11.6 Å². The number of carbonyl (C=O) groups is 2. The van der Waals surface area contributed by atoms with E-state index < -0.39 is 5.97 Å². The minimum Gasteiger partial charge on any atom is -0.493 e. The molecule has 1 amide bonds. The Morgan fingerprint density at radius 3 is 2.50 bits per heavy atom. The maximum absolute atomic E-state index is 12.9. The number of fused-ring (bicyclic) bond motifs is 1. The Bertz CT molecular complexity index is 1390. The SMILES string of the molecule is CCOC(=O)c1cnn(-c2cc(C)c3ccccc3n2)c1NC(=O)CCCOc1c(C)cccc1C. The smallest absolute Gasteiger partial charge is 0.343 e. The van der Waals surface area contributed by atoms with Crippen LogP contribution < -0.4 is 10.1 Å². The number of amides is 1. The molecule has 1 N–H and O–H groups in total. The highest BCUT2D eigenvalue weighted by atomic mass is 16.5. The molecule has 0 fully saturated rings. The van der Waals surface area contributed by atoms with Gasteiger partial charge in [0.1, 0.15) is 11.3 Å². The average Bonchev–Trinajstić information content (AvgIpc) is 3.27. The molecule has 0 aliphatic carbocycles. The standard InChI is InChI=1S/C28H30N4O4/c1-5-35-28(34)22-17-29-32(24-16-20(4)21-12-6-7-13-23(21)30-24)27(22)31-25(33)14-9-15-36-26-18(2)10-8-11-19(26)3/h6-8,10-13,16-17H,5,9,14-15H2,1-4H3,(H,31,33). The van der Waals surface area contributed by atoms with Crippen LogP contribution in [-0.2, 0) is 9.53 Å². The van der Waals surface area contributed by atoms with Gasteiger partial charge in [0.2, 0.25) is 5.91 Å². The summed E-state index contributed by atoms with van der Waals surface area (Å²) in [6, 6.07) is 15.6. The van der Waals surface area contributed by atoms with Crippen molar-refractivity contribution in [2.75, 3.05) is 18.5 Å². The molecule has 0 saturated carbocycles. The number of rotatable bonds is 9. The summed E-state index contributed by atoms with van der Waals surface area (Å²) in [6.07, 6.45) is 2.11. The lowest BCUT2D eigenvalue weighted by atomic mass is 10.1. The molecule has 0 aliphatic heterocycles. The van der Waals surface area contributed by atoms with Crippen LogP contribution in [0.3, 0.4) is 0 Å². The van der Waals surface area contributed by atoms with Gasteiger partial charge >= 0.3 is 5.97 Å². The number of para-hydroxylation sites is 2. The third-order valence-electron chi connectivity index (χ3n) is 5.85. The normalized spacial score (nSPS) is 10.9. The van der Waals surface area contributed by atoms with Crippen molar-refractivity contribution in [3.8, 4) is 11.6 Å². The Kier molecular flexibility index (Phi) is 7.63. The van der Waals surface area contributed by atoms with E-state index in [9.17, 15) is 9.59 Å². The number of anilines is 1. The summed E-state index contributed by atoms with van der Waals surface area (Å²) in [5.74, 6) is 0.755. The van der Waals surface area contributed by atoms with Crippen LogP contribution >= 0.6 is 0 Å². The second-order valence-electron chi connectivity index (χ2n) is 8.57. The van der Waals surface area contributed by atoms with Crippen LogP contribution in [-0.4, -0.2) is 39.9 Å². The first-order chi connectivity index (χ1) is 17.4. The monoisotopic (exact) mass is 486 g/mol. The van der Waals surface area contributed by atoms with Gasteiger partial charge < -0.3 is 14.8 Å². The van der Waals surface area contributed by atoms with Gasteiger partial charge in [-0.05, 0) is 62.9 Å². The summed E-state index contributed by atoms with van der Waals surface area (Å²) >= 11 is 0. The zero-order chi connectivity index (χ0) is 25.7. The molecule has 36 heavy (non-hydrogen) atoms. The van der Waals surface area contributed by atoms with Crippen LogP contribution in [0.15, 0.2) is 54.7 Å². The fraction of sp³-hybridized carbons (Fsp3) is 0.286. The van der Waals surface area contributed by atoms with Crippen molar-refractivity contribution >= 4 is 28.6 Å². The Balaban J connectivity index is 1.53. The number of nitrogens with zero attached hydrogens (tertiary/aromatic N) is 3. The van der Waals surface area contributed by atoms with Gasteiger partial charge in [0.05, 0.1) is 24.9 Å². The summed E-state index contributed by atoms with van der Waals surface area (Å²) in [5.41, 5.74) is 4.08. The number of pyridine rings is 1. The minimum atomic E-state index is -0.560. The third-order valence-corrected chi connectivity index (χ3v) is 5.85. The van der Waals surface area contributed by atoms with E-state index in [4.69, 9.17) is 14.5 Å². The lowest BCUT2D eigenvalue weighted by molar-refractivity contribution is -0.116. The van der Waals surface area contributed by atoms with Crippen molar-refractivity contribution in [1.82, 2.24) is 14.8 Å². The van der Waals surface area contributed by atoms with Gasteiger partial charge in [0.25, 0.3) is 0 Å². The van der Waals surface area contributed by atoms with E-state index in [1.807, 2.05) is 69.3 Å². The quantitative estimate of drug-likeness (QED) is 0.254. The molecule has 0 aliphatic rings. The molecule has 0 bridgehead atoms. The number of ether oxygens (including phenoxy) is 2. The molecule has 4 rings (SSSR count). The maximum atomic E-state index is 12.9. The first kappa shape index (κ1) is 24.9. The molecule has 0 spiro atoms. The van der Waals surface area contributed by atoms with Crippen LogP contribution in [0.4, 0.5) is 5.82 Å². The second-order valence-corrected chi connectivity index (χ2v) is 8.57. The van der Waals surface area contributed by atoms with Gasteiger partial charge in [-0.2, -0.15) is 9.78 Å². The molecule has 0 radical (unpaired) electrons. The average molecular weight is 487 g/mol. The number of aryl methyl sites for hydroxylation is 3. The van der Waals surface area contributed by atoms with Crippen LogP contribution in [0.5, 0.6) is 5.75 Å². The lowest BCUT2D eigenvalue weighted by Crippen LogP contribution is -2.19. The van der Waals surface area contributed by atoms with Crippen LogP contribution in [0, 0.1) is 20.8 Å². The highest BCUT2D eigenvalue weighted by Crippen LogP contribution is 2.25. The number of benzene rings is 2. The van der Waals surface area contributed by atoms with Crippen molar-refractivity contribution in [1.29, 1.82) is 0 Å². The maximum Gasteiger partial charge on any atom is 0.343 e.